The Bertz CT molecular complexity index is 507. The molecule has 21 heavy (non-hydrogen) atoms. The molecule has 1 unspecified atom stereocenters. The Kier molecular flexibility index (Phi) is 8.36. The van der Waals surface area contributed by atoms with Crippen LogP contribution in [0.4, 0.5) is 0 Å². The summed E-state index contributed by atoms with van der Waals surface area (Å²) in [5.41, 5.74) is 0.576. The van der Waals surface area contributed by atoms with Gasteiger partial charge >= 0.3 is 0 Å². The molecule has 1 N–H and O–H groups in total. The van der Waals surface area contributed by atoms with Crippen molar-refractivity contribution in [1.82, 2.24) is 4.90 Å². The topological polar surface area (TPSA) is 73.6 Å². The van der Waals surface area contributed by atoms with Crippen LogP contribution >= 0.6 is 0 Å². The SMILES string of the molecule is CCN(CCC=S=O)CC(O)COc1ccc(C#N)cc1. The van der Waals surface area contributed by atoms with Crippen molar-refractivity contribution in [1.29, 1.82) is 5.26 Å². The molecule has 0 saturated heterocycles. The third kappa shape index (κ3) is 7.04. The first kappa shape index (κ1) is 17.4. The molecule has 0 radical (unpaired) electrons. The first-order chi connectivity index (χ1) is 10.2. The summed E-state index contributed by atoms with van der Waals surface area (Å²) in [6, 6.07) is 8.82. The molecule has 0 spiro atoms. The van der Waals surface area contributed by atoms with Crippen LogP contribution in [0.25, 0.3) is 0 Å². The minimum absolute atomic E-state index is 0.197. The fourth-order valence-corrected chi connectivity index (χ4v) is 2.03. The van der Waals surface area contributed by atoms with Crippen LogP contribution < -0.4 is 4.74 Å². The predicted molar refractivity (Wildman–Crippen MR) is 83.6 cm³/mol. The normalized spacial score (nSPS) is 11.7. The van der Waals surface area contributed by atoms with E-state index in [0.717, 1.165) is 13.1 Å². The fourth-order valence-electron chi connectivity index (χ4n) is 1.83. The van der Waals surface area contributed by atoms with E-state index in [2.05, 4.69) is 4.90 Å². The fraction of sp³-hybridized carbons (Fsp3) is 0.467. The average Bonchev–Trinajstić information content (AvgIpc) is 2.52. The lowest BCUT2D eigenvalue weighted by Crippen LogP contribution is -2.36. The maximum atomic E-state index is 10.3. The number of benzene rings is 1. The number of ether oxygens (including phenoxy) is 1. The third-order valence-corrected chi connectivity index (χ3v) is 3.34. The highest BCUT2D eigenvalue weighted by molar-refractivity contribution is 7.64. The van der Waals surface area contributed by atoms with E-state index in [9.17, 15) is 9.32 Å². The van der Waals surface area contributed by atoms with Gasteiger partial charge in [-0.25, -0.2) is 4.21 Å². The first-order valence-electron chi connectivity index (χ1n) is 6.83. The lowest BCUT2D eigenvalue weighted by atomic mass is 10.2. The van der Waals surface area contributed by atoms with Gasteiger partial charge in [-0.3, -0.25) is 0 Å². The summed E-state index contributed by atoms with van der Waals surface area (Å²) in [6.45, 7) is 4.27. The second-order valence-corrected chi connectivity index (χ2v) is 5.07. The standard InChI is InChI=1S/C15H20N2O3S/c1-2-17(8-3-9-21-19)11-14(18)12-20-15-6-4-13(10-16)5-7-15/h4-7,9,14,18H,2-3,8,11-12H2,1H3. The molecular formula is C15H20N2O3S. The lowest BCUT2D eigenvalue weighted by molar-refractivity contribution is 0.0709. The van der Waals surface area contributed by atoms with Crippen molar-refractivity contribution in [3.05, 3.63) is 29.8 Å². The quantitative estimate of drug-likeness (QED) is 0.690. The van der Waals surface area contributed by atoms with Gasteiger partial charge in [-0.1, -0.05) is 6.92 Å². The Morgan fingerprint density at radius 3 is 2.76 bits per heavy atom. The highest BCUT2D eigenvalue weighted by atomic mass is 32.1. The number of aliphatic hydroxyl groups excluding tert-OH is 1. The van der Waals surface area contributed by atoms with E-state index in [1.165, 1.54) is 0 Å². The number of aliphatic hydroxyl groups is 1. The van der Waals surface area contributed by atoms with Crippen molar-refractivity contribution in [3.8, 4) is 11.8 Å². The van der Waals surface area contributed by atoms with Crippen LogP contribution in [-0.2, 0) is 11.3 Å². The zero-order valence-electron chi connectivity index (χ0n) is 12.1. The van der Waals surface area contributed by atoms with Gasteiger partial charge in [-0.05, 0) is 37.2 Å². The molecule has 1 aromatic carbocycles. The lowest BCUT2D eigenvalue weighted by Gasteiger charge is -2.22. The molecule has 0 saturated carbocycles. The number of rotatable bonds is 9. The van der Waals surface area contributed by atoms with Crippen LogP contribution in [-0.4, -0.2) is 51.9 Å². The molecule has 5 nitrogen and oxygen atoms in total. The van der Waals surface area contributed by atoms with Crippen molar-refractivity contribution in [3.63, 3.8) is 0 Å². The van der Waals surface area contributed by atoms with Crippen molar-refractivity contribution >= 4 is 16.6 Å². The number of nitriles is 1. The average molecular weight is 308 g/mol. The smallest absolute Gasteiger partial charge is 0.119 e. The van der Waals surface area contributed by atoms with E-state index >= 15 is 0 Å². The highest BCUT2D eigenvalue weighted by Crippen LogP contribution is 2.11. The van der Waals surface area contributed by atoms with Gasteiger partial charge in [0.25, 0.3) is 0 Å². The number of hydrogen-bond donors (Lipinski definition) is 1. The van der Waals surface area contributed by atoms with Gasteiger partial charge < -0.3 is 14.7 Å². The monoisotopic (exact) mass is 308 g/mol. The van der Waals surface area contributed by atoms with Crippen LogP contribution in [0, 0.1) is 11.3 Å². The maximum Gasteiger partial charge on any atom is 0.119 e. The molecule has 0 bridgehead atoms. The number of hydrogen-bond acceptors (Lipinski definition) is 5. The molecule has 0 aliphatic heterocycles. The minimum atomic E-state index is -0.597. The number of nitrogens with zero attached hydrogens (tertiary/aromatic N) is 2. The summed E-state index contributed by atoms with van der Waals surface area (Å²) in [6.07, 6.45) is 0.103. The van der Waals surface area contributed by atoms with Gasteiger partial charge in [0.05, 0.1) is 22.9 Å². The van der Waals surface area contributed by atoms with E-state index in [0.29, 0.717) is 35.5 Å². The van der Waals surface area contributed by atoms with E-state index in [1.54, 1.807) is 29.6 Å². The molecule has 1 aromatic rings. The molecular weight excluding hydrogens is 288 g/mol. The van der Waals surface area contributed by atoms with Crippen LogP contribution in [0.3, 0.4) is 0 Å². The Hall–Kier alpha value is -1.68. The summed E-state index contributed by atoms with van der Waals surface area (Å²) in [4.78, 5) is 2.07. The molecule has 0 aromatic heterocycles. The van der Waals surface area contributed by atoms with Gasteiger partial charge in [-0.15, -0.1) is 0 Å². The Labute approximate surface area is 128 Å². The van der Waals surface area contributed by atoms with Crippen molar-refractivity contribution < 1.29 is 14.1 Å². The Morgan fingerprint density at radius 2 is 2.19 bits per heavy atom. The van der Waals surface area contributed by atoms with Crippen LogP contribution in [0.1, 0.15) is 18.9 Å². The van der Waals surface area contributed by atoms with Gasteiger partial charge in [0.1, 0.15) is 18.5 Å². The summed E-state index contributed by atoms with van der Waals surface area (Å²) in [5, 5.41) is 20.3. The first-order valence-corrected chi connectivity index (χ1v) is 7.63. The zero-order chi connectivity index (χ0) is 15.5. The predicted octanol–water partition coefficient (Wildman–Crippen LogP) is 1.03. The van der Waals surface area contributed by atoms with Crippen molar-refractivity contribution in [2.24, 2.45) is 0 Å². The second-order valence-electron chi connectivity index (χ2n) is 4.55. The van der Waals surface area contributed by atoms with Crippen molar-refractivity contribution in [2.45, 2.75) is 19.4 Å². The summed E-state index contributed by atoms with van der Waals surface area (Å²) >= 11 is 0.472. The molecule has 0 aliphatic rings. The zero-order valence-corrected chi connectivity index (χ0v) is 12.9. The van der Waals surface area contributed by atoms with Gasteiger partial charge in [0.2, 0.25) is 0 Å². The second kappa shape index (κ2) is 10.1. The molecule has 0 aliphatic carbocycles. The van der Waals surface area contributed by atoms with Gasteiger partial charge in [0.15, 0.2) is 0 Å². The Balaban J connectivity index is 2.36. The molecule has 1 rings (SSSR count). The summed E-state index contributed by atoms with van der Waals surface area (Å²) < 4.78 is 15.8. The van der Waals surface area contributed by atoms with Crippen LogP contribution in [0.5, 0.6) is 5.75 Å². The van der Waals surface area contributed by atoms with E-state index in [1.807, 2.05) is 13.0 Å². The molecule has 114 valence electrons. The Morgan fingerprint density at radius 1 is 1.48 bits per heavy atom. The molecule has 0 heterocycles. The highest BCUT2D eigenvalue weighted by Gasteiger charge is 2.10. The molecule has 6 heteroatoms. The van der Waals surface area contributed by atoms with Crippen LogP contribution in [0.15, 0.2) is 24.3 Å². The molecule has 1 atom stereocenters. The van der Waals surface area contributed by atoms with E-state index < -0.39 is 6.10 Å². The largest absolute Gasteiger partial charge is 0.491 e. The minimum Gasteiger partial charge on any atom is -0.491 e. The van der Waals surface area contributed by atoms with E-state index in [-0.39, 0.29) is 6.61 Å². The number of likely N-dealkylation sites (N-methyl/N-ethyl adjacent to an activating group) is 1. The molecule has 0 amide bonds. The maximum absolute atomic E-state index is 10.3. The summed E-state index contributed by atoms with van der Waals surface area (Å²) in [5.74, 6) is 0.632. The van der Waals surface area contributed by atoms with Gasteiger partial charge in [0, 0.05) is 18.5 Å². The third-order valence-electron chi connectivity index (χ3n) is 2.97. The van der Waals surface area contributed by atoms with Gasteiger partial charge in [-0.2, -0.15) is 5.26 Å². The van der Waals surface area contributed by atoms with Crippen molar-refractivity contribution in [2.75, 3.05) is 26.2 Å². The van der Waals surface area contributed by atoms with Crippen LogP contribution in [0.2, 0.25) is 0 Å². The molecule has 0 fully saturated rings. The summed E-state index contributed by atoms with van der Waals surface area (Å²) in [7, 11) is 0. The van der Waals surface area contributed by atoms with E-state index in [4.69, 9.17) is 10.00 Å².